The fourth-order valence-corrected chi connectivity index (χ4v) is 3.77. The Balaban J connectivity index is 1.62. The Morgan fingerprint density at radius 3 is 2.76 bits per heavy atom. The van der Waals surface area contributed by atoms with Crippen LogP contribution in [0, 0.1) is 5.92 Å². The summed E-state index contributed by atoms with van der Waals surface area (Å²) in [5.74, 6) is -0.703. The number of nitrogens with one attached hydrogen (secondary N) is 1. The van der Waals surface area contributed by atoms with E-state index in [0.717, 1.165) is 12.8 Å². The Labute approximate surface area is 156 Å². The molecule has 2 bridgehead atoms. The van der Waals surface area contributed by atoms with Gasteiger partial charge in [-0.2, -0.15) is 0 Å². The maximum absolute atomic E-state index is 12.5. The number of hydrogen-bond donors (Lipinski definition) is 1. The molecule has 0 unspecified atom stereocenters. The second-order valence-corrected chi connectivity index (χ2v) is 7.33. The van der Waals surface area contributed by atoms with Crippen molar-refractivity contribution in [3.05, 3.63) is 33.8 Å². The average molecular weight is 384 g/mol. The van der Waals surface area contributed by atoms with Crippen LogP contribution in [-0.2, 0) is 9.59 Å². The van der Waals surface area contributed by atoms with Crippen molar-refractivity contribution in [1.29, 1.82) is 0 Å². The highest BCUT2D eigenvalue weighted by atomic mass is 35.5. The van der Waals surface area contributed by atoms with E-state index in [-0.39, 0.29) is 40.9 Å². The third-order valence-corrected chi connectivity index (χ3v) is 5.46. The van der Waals surface area contributed by atoms with Gasteiger partial charge in [-0.25, -0.2) is 0 Å². The van der Waals surface area contributed by atoms with E-state index in [1.807, 2.05) is 0 Å². The van der Waals surface area contributed by atoms with E-state index < -0.39 is 5.91 Å². The number of carbonyl (C=O) groups excluding carboxylic acids is 3. The molecule has 0 spiro atoms. The molecule has 3 heterocycles. The molecule has 0 aromatic heterocycles. The first-order chi connectivity index (χ1) is 11.9. The van der Waals surface area contributed by atoms with Crippen LogP contribution in [0.5, 0.6) is 0 Å². The van der Waals surface area contributed by atoms with Crippen LogP contribution in [0.3, 0.4) is 0 Å². The quantitative estimate of drug-likeness (QED) is 0.864. The van der Waals surface area contributed by atoms with Gasteiger partial charge in [0.05, 0.1) is 23.0 Å². The van der Waals surface area contributed by atoms with Gasteiger partial charge in [0.1, 0.15) is 0 Å². The summed E-state index contributed by atoms with van der Waals surface area (Å²) in [6.45, 7) is 0.774. The van der Waals surface area contributed by atoms with E-state index in [2.05, 4.69) is 5.32 Å². The van der Waals surface area contributed by atoms with E-state index in [9.17, 15) is 14.4 Å². The van der Waals surface area contributed by atoms with Gasteiger partial charge in [0, 0.05) is 31.2 Å². The number of piperidine rings is 1. The topological polar surface area (TPSA) is 69.7 Å². The summed E-state index contributed by atoms with van der Waals surface area (Å²) in [6.07, 6.45) is 1.71. The highest BCUT2D eigenvalue weighted by Gasteiger charge is 2.40. The first-order valence-electron chi connectivity index (χ1n) is 8.14. The molecule has 4 rings (SSSR count). The number of nitrogens with zero attached hydrogens (tertiary/aromatic N) is 2. The molecule has 0 saturated carbocycles. The van der Waals surface area contributed by atoms with E-state index in [1.54, 1.807) is 22.9 Å². The highest BCUT2D eigenvalue weighted by molar-refractivity contribution is 6.35. The summed E-state index contributed by atoms with van der Waals surface area (Å²) in [7, 11) is 1.79. The number of carbonyl (C=O) groups is 3. The number of fused-ring (bicyclic) bond motifs is 4. The molecular formula is C17H19Cl2N3O3. The van der Waals surface area contributed by atoms with Crippen LogP contribution in [0.15, 0.2) is 18.2 Å². The Morgan fingerprint density at radius 1 is 1.24 bits per heavy atom. The number of halogens is 2. The molecule has 3 aliphatic heterocycles. The fraction of sp³-hybridized carbons (Fsp3) is 0.471. The molecule has 3 fully saturated rings. The summed E-state index contributed by atoms with van der Waals surface area (Å²) in [5, 5.41) is 3.25. The molecule has 3 amide bonds. The van der Waals surface area contributed by atoms with Gasteiger partial charge in [-0.1, -0.05) is 23.2 Å². The molecule has 0 radical (unpaired) electrons. The second-order valence-electron chi connectivity index (χ2n) is 6.48. The Morgan fingerprint density at radius 2 is 2.00 bits per heavy atom. The maximum atomic E-state index is 12.5. The van der Waals surface area contributed by atoms with Crippen molar-refractivity contribution in [2.75, 3.05) is 26.7 Å². The van der Waals surface area contributed by atoms with Gasteiger partial charge in [0.2, 0.25) is 11.8 Å². The van der Waals surface area contributed by atoms with Crippen molar-refractivity contribution in [2.24, 2.45) is 5.92 Å². The molecule has 2 atom stereocenters. The predicted molar refractivity (Wildman–Crippen MR) is 94.7 cm³/mol. The normalized spacial score (nSPS) is 22.8. The minimum Gasteiger partial charge on any atom is -0.343 e. The Hall–Kier alpha value is -1.79. The van der Waals surface area contributed by atoms with E-state index in [4.69, 9.17) is 23.2 Å². The average Bonchev–Trinajstić information content (AvgIpc) is 2.88. The second kappa shape index (κ2) is 7.22. The van der Waals surface area contributed by atoms with E-state index in [0.29, 0.717) is 18.1 Å². The summed E-state index contributed by atoms with van der Waals surface area (Å²) in [4.78, 5) is 40.3. The zero-order valence-electron chi connectivity index (χ0n) is 13.8. The maximum Gasteiger partial charge on any atom is 0.253 e. The zero-order valence-corrected chi connectivity index (χ0v) is 15.3. The SMILES string of the molecule is CN1C(=O)[C@H]2CC[C@@H]1CN(C(=O)CNC(=O)c1cc(Cl)ccc1Cl)C2. The molecule has 8 heteroatoms. The standard InChI is InChI=1S/C17H19Cl2N3O3/c1-21-12-4-2-10(17(21)25)8-22(9-12)15(23)7-20-16(24)13-6-11(18)3-5-14(13)19/h3,5-6,10,12H,2,4,7-9H2,1H3,(H,20,24)/t10-,12+/m0/s1. The van der Waals surface area contributed by atoms with Crippen LogP contribution in [0.2, 0.25) is 10.0 Å². The van der Waals surface area contributed by atoms with Gasteiger partial charge in [0.15, 0.2) is 0 Å². The van der Waals surface area contributed by atoms with Gasteiger partial charge < -0.3 is 15.1 Å². The number of rotatable bonds is 3. The lowest BCUT2D eigenvalue weighted by atomic mass is 9.95. The lowest BCUT2D eigenvalue weighted by Crippen LogP contribution is -2.46. The van der Waals surface area contributed by atoms with Gasteiger partial charge in [-0.05, 0) is 31.0 Å². The van der Waals surface area contributed by atoms with Gasteiger partial charge in [-0.3, -0.25) is 14.4 Å². The van der Waals surface area contributed by atoms with Crippen LogP contribution in [-0.4, -0.2) is 60.2 Å². The smallest absolute Gasteiger partial charge is 0.253 e. The lowest BCUT2D eigenvalue weighted by molar-refractivity contribution is -0.138. The number of amides is 3. The zero-order chi connectivity index (χ0) is 18.1. The van der Waals surface area contributed by atoms with Crippen LogP contribution >= 0.6 is 23.2 Å². The number of benzene rings is 1. The Kier molecular flexibility index (Phi) is 5.20. The van der Waals surface area contributed by atoms with Crippen molar-refractivity contribution >= 4 is 40.9 Å². The highest BCUT2D eigenvalue weighted by Crippen LogP contribution is 2.28. The van der Waals surface area contributed by atoms with Crippen molar-refractivity contribution in [3.63, 3.8) is 0 Å². The molecule has 3 saturated heterocycles. The largest absolute Gasteiger partial charge is 0.343 e. The van der Waals surface area contributed by atoms with Crippen molar-refractivity contribution in [3.8, 4) is 0 Å². The molecule has 3 aliphatic rings. The molecule has 1 aromatic rings. The molecular weight excluding hydrogens is 365 g/mol. The molecule has 1 aromatic carbocycles. The summed E-state index contributed by atoms with van der Waals surface area (Å²) in [5.41, 5.74) is 0.229. The number of likely N-dealkylation sites (N-methyl/N-ethyl adjacent to an activating group) is 1. The van der Waals surface area contributed by atoms with E-state index >= 15 is 0 Å². The van der Waals surface area contributed by atoms with Crippen LogP contribution in [0.25, 0.3) is 0 Å². The molecule has 1 N–H and O–H groups in total. The van der Waals surface area contributed by atoms with E-state index in [1.165, 1.54) is 12.1 Å². The van der Waals surface area contributed by atoms with Gasteiger partial charge in [0.25, 0.3) is 5.91 Å². The van der Waals surface area contributed by atoms with Crippen LogP contribution in [0.1, 0.15) is 23.2 Å². The van der Waals surface area contributed by atoms with Crippen molar-refractivity contribution in [2.45, 2.75) is 18.9 Å². The minimum absolute atomic E-state index is 0.0493. The summed E-state index contributed by atoms with van der Waals surface area (Å²) >= 11 is 11.9. The van der Waals surface area contributed by atoms with Crippen molar-refractivity contribution in [1.82, 2.24) is 15.1 Å². The molecule has 0 aliphatic carbocycles. The lowest BCUT2D eigenvalue weighted by Gasteiger charge is -2.32. The summed E-state index contributed by atoms with van der Waals surface area (Å²) in [6, 6.07) is 4.64. The van der Waals surface area contributed by atoms with Crippen LogP contribution < -0.4 is 5.32 Å². The molecule has 6 nitrogen and oxygen atoms in total. The third kappa shape index (κ3) is 3.75. The first kappa shape index (κ1) is 18.0. The molecule has 25 heavy (non-hydrogen) atoms. The van der Waals surface area contributed by atoms with Crippen LogP contribution in [0.4, 0.5) is 0 Å². The van der Waals surface area contributed by atoms with Gasteiger partial charge >= 0.3 is 0 Å². The Bertz CT molecular complexity index is 725. The fourth-order valence-electron chi connectivity index (χ4n) is 3.39. The van der Waals surface area contributed by atoms with Gasteiger partial charge in [-0.15, -0.1) is 0 Å². The number of hydrogen-bond acceptors (Lipinski definition) is 3. The monoisotopic (exact) mass is 383 g/mol. The third-order valence-electron chi connectivity index (χ3n) is 4.89. The minimum atomic E-state index is -0.452. The summed E-state index contributed by atoms with van der Waals surface area (Å²) < 4.78 is 0. The van der Waals surface area contributed by atoms with Crippen molar-refractivity contribution < 1.29 is 14.4 Å². The first-order valence-corrected chi connectivity index (χ1v) is 8.90. The molecule has 134 valence electrons. The predicted octanol–water partition coefficient (Wildman–Crippen LogP) is 1.80.